The van der Waals surface area contributed by atoms with Crippen molar-refractivity contribution in [1.82, 2.24) is 9.97 Å². The molecule has 1 amide bonds. The van der Waals surface area contributed by atoms with Gasteiger partial charge in [-0.2, -0.15) is 17.6 Å². The molecule has 0 saturated heterocycles. The van der Waals surface area contributed by atoms with Crippen molar-refractivity contribution >= 4 is 29.2 Å². The van der Waals surface area contributed by atoms with Gasteiger partial charge < -0.3 is 15.8 Å². The highest BCUT2D eigenvalue weighted by Crippen LogP contribution is 2.33. The minimum absolute atomic E-state index is 0.0281. The predicted molar refractivity (Wildman–Crippen MR) is 97.3 cm³/mol. The van der Waals surface area contributed by atoms with Crippen molar-refractivity contribution in [2.75, 3.05) is 5.32 Å². The van der Waals surface area contributed by atoms with Crippen LogP contribution in [0.25, 0.3) is 0 Å². The molecule has 0 aromatic carbocycles. The van der Waals surface area contributed by atoms with Crippen LogP contribution >= 0.6 is 11.6 Å². The number of halogens is 5. The van der Waals surface area contributed by atoms with Crippen LogP contribution < -0.4 is 11.1 Å². The molecule has 29 heavy (non-hydrogen) atoms. The molecular formula is C17H16ClF4N5O2. The van der Waals surface area contributed by atoms with E-state index in [0.29, 0.717) is 5.02 Å². The van der Waals surface area contributed by atoms with E-state index in [1.807, 2.05) is 0 Å². The summed E-state index contributed by atoms with van der Waals surface area (Å²) >= 11 is 5.70. The number of alkyl halides is 3. The molecule has 2 rings (SSSR count). The summed E-state index contributed by atoms with van der Waals surface area (Å²) in [5.74, 6) is -2.65. The van der Waals surface area contributed by atoms with Gasteiger partial charge in [-0.25, -0.2) is 9.97 Å². The summed E-state index contributed by atoms with van der Waals surface area (Å²) in [6, 6.07) is 2.88. The zero-order chi connectivity index (χ0) is 21.8. The van der Waals surface area contributed by atoms with Crippen LogP contribution in [0.5, 0.6) is 0 Å². The van der Waals surface area contributed by atoms with Crippen LogP contribution in [0.3, 0.4) is 0 Å². The van der Waals surface area contributed by atoms with Crippen molar-refractivity contribution in [2.45, 2.75) is 31.5 Å². The maximum Gasteiger partial charge on any atom is 0.425 e. The Hall–Kier alpha value is -2.95. The van der Waals surface area contributed by atoms with Gasteiger partial charge in [-0.1, -0.05) is 18.5 Å². The van der Waals surface area contributed by atoms with Gasteiger partial charge in [0.25, 0.3) is 11.9 Å². The molecular weight excluding hydrogens is 418 g/mol. The van der Waals surface area contributed by atoms with Crippen LogP contribution in [0, 0.1) is 11.4 Å². The Labute approximate surface area is 167 Å². The molecule has 0 bridgehead atoms. The van der Waals surface area contributed by atoms with Crippen molar-refractivity contribution in [3.63, 3.8) is 0 Å². The molecule has 1 unspecified atom stereocenters. The Bertz CT molecular complexity index is 892. The first-order valence-electron chi connectivity index (χ1n) is 8.13. The topological polar surface area (TPSA) is 114 Å². The first-order valence-corrected chi connectivity index (χ1v) is 8.51. The summed E-state index contributed by atoms with van der Waals surface area (Å²) in [6.45, 7) is 1.33. The average molecular weight is 434 g/mol. The van der Waals surface area contributed by atoms with Crippen molar-refractivity contribution < 1.29 is 27.1 Å². The van der Waals surface area contributed by atoms with Crippen molar-refractivity contribution in [2.24, 2.45) is 5.73 Å². The number of ether oxygens (including phenoxy) is 1. The number of nitrogens with two attached hydrogens (primary N) is 1. The summed E-state index contributed by atoms with van der Waals surface area (Å²) in [5, 5.41) is 9.67. The number of nitrogens with one attached hydrogen (secondary N) is 2. The quantitative estimate of drug-likeness (QED) is 0.277. The van der Waals surface area contributed by atoms with Crippen molar-refractivity contribution in [3.8, 4) is 0 Å². The molecule has 2 atom stereocenters. The molecule has 0 aliphatic heterocycles. The minimum Gasteiger partial charge on any atom is -0.453 e. The van der Waals surface area contributed by atoms with Crippen LogP contribution in [-0.2, 0) is 4.74 Å². The molecule has 12 heteroatoms. The zero-order valence-corrected chi connectivity index (χ0v) is 15.7. The number of pyridine rings is 2. The van der Waals surface area contributed by atoms with Crippen LogP contribution in [0.15, 0.2) is 30.6 Å². The highest BCUT2D eigenvalue weighted by Gasteiger charge is 2.43. The molecule has 2 heterocycles. The van der Waals surface area contributed by atoms with E-state index in [2.05, 4.69) is 20.0 Å². The second kappa shape index (κ2) is 9.03. The molecule has 0 saturated carbocycles. The van der Waals surface area contributed by atoms with E-state index < -0.39 is 42.5 Å². The Morgan fingerprint density at radius 3 is 2.59 bits per heavy atom. The Morgan fingerprint density at radius 2 is 2.03 bits per heavy atom. The van der Waals surface area contributed by atoms with E-state index in [9.17, 15) is 22.4 Å². The summed E-state index contributed by atoms with van der Waals surface area (Å²) in [4.78, 5) is 19.5. The van der Waals surface area contributed by atoms with Gasteiger partial charge in [0.15, 0.2) is 6.10 Å². The second-order valence-corrected chi connectivity index (χ2v) is 6.51. The van der Waals surface area contributed by atoms with E-state index in [0.717, 1.165) is 6.20 Å². The largest absolute Gasteiger partial charge is 0.453 e. The molecule has 0 spiro atoms. The molecule has 2 aromatic rings. The van der Waals surface area contributed by atoms with Gasteiger partial charge in [0.1, 0.15) is 5.69 Å². The molecule has 2 aromatic heterocycles. The fourth-order valence-electron chi connectivity index (χ4n) is 2.43. The maximum absolute atomic E-state index is 14.1. The minimum atomic E-state index is -4.81. The molecule has 4 N–H and O–H groups in total. The number of anilines is 1. The molecule has 0 aliphatic carbocycles. The van der Waals surface area contributed by atoms with Gasteiger partial charge in [-0.3, -0.25) is 10.2 Å². The van der Waals surface area contributed by atoms with Crippen molar-refractivity contribution in [3.05, 3.63) is 52.8 Å². The van der Waals surface area contributed by atoms with Gasteiger partial charge in [0, 0.05) is 18.2 Å². The van der Waals surface area contributed by atoms with Crippen LogP contribution in [-0.4, -0.2) is 34.2 Å². The summed E-state index contributed by atoms with van der Waals surface area (Å²) in [7, 11) is 0. The summed E-state index contributed by atoms with van der Waals surface area (Å²) in [6.07, 6.45) is -5.63. The molecule has 7 nitrogen and oxygen atoms in total. The summed E-state index contributed by atoms with van der Waals surface area (Å²) in [5.41, 5.74) is 4.81. The monoisotopic (exact) mass is 433 g/mol. The van der Waals surface area contributed by atoms with Crippen LogP contribution in [0.2, 0.25) is 5.02 Å². The van der Waals surface area contributed by atoms with Gasteiger partial charge in [-0.05, 0) is 24.1 Å². The molecule has 0 radical (unpaired) electrons. The van der Waals surface area contributed by atoms with E-state index in [1.165, 1.54) is 31.3 Å². The lowest BCUT2D eigenvalue weighted by atomic mass is 9.95. The third-order valence-corrected chi connectivity index (χ3v) is 4.04. The maximum atomic E-state index is 14.1. The van der Waals surface area contributed by atoms with Crippen molar-refractivity contribution in [1.29, 1.82) is 5.41 Å². The number of nitrogens with zero attached hydrogens (tertiary/aromatic N) is 2. The van der Waals surface area contributed by atoms with E-state index in [4.69, 9.17) is 22.7 Å². The van der Waals surface area contributed by atoms with E-state index in [-0.39, 0.29) is 16.9 Å². The predicted octanol–water partition coefficient (Wildman–Crippen LogP) is 3.86. The standard InChI is InChI=1S/C17H16ClF4N5O2/c1-8(4-13(17(20,21)22)29-16(23)24)11-5-10(7-26-14(11)19)27-15(28)12-3-2-9(18)6-25-12/h2-3,5-8,13H,4H2,1H3,(H3,23,24)(H,27,28)/t8-,13?/m1/s1. The third-order valence-electron chi connectivity index (χ3n) is 3.82. The van der Waals surface area contributed by atoms with Gasteiger partial charge >= 0.3 is 6.18 Å². The lowest BCUT2D eigenvalue weighted by Gasteiger charge is -2.24. The number of hydrogen-bond acceptors (Lipinski definition) is 5. The molecule has 0 fully saturated rings. The van der Waals surface area contributed by atoms with Crippen LogP contribution in [0.4, 0.5) is 23.2 Å². The molecule has 156 valence electrons. The molecule has 0 aliphatic rings. The highest BCUT2D eigenvalue weighted by molar-refractivity contribution is 6.30. The highest BCUT2D eigenvalue weighted by atomic mass is 35.5. The third kappa shape index (κ3) is 6.28. The normalized spacial score (nSPS) is 13.4. The van der Waals surface area contributed by atoms with Gasteiger partial charge in [0.05, 0.1) is 16.9 Å². The lowest BCUT2D eigenvalue weighted by Crippen LogP contribution is -2.37. The van der Waals surface area contributed by atoms with Gasteiger partial charge in [0.2, 0.25) is 5.95 Å². The van der Waals surface area contributed by atoms with E-state index in [1.54, 1.807) is 0 Å². The fraction of sp³-hybridized carbons (Fsp3) is 0.294. The Balaban J connectivity index is 2.19. The van der Waals surface area contributed by atoms with Gasteiger partial charge in [-0.15, -0.1) is 0 Å². The average Bonchev–Trinajstić information content (AvgIpc) is 2.62. The SMILES string of the molecule is C[C@H](CC(OC(=N)N)C(F)(F)F)c1cc(NC(=O)c2ccc(Cl)cn2)cnc1F. The Morgan fingerprint density at radius 1 is 1.34 bits per heavy atom. The second-order valence-electron chi connectivity index (χ2n) is 6.07. The summed E-state index contributed by atoms with van der Waals surface area (Å²) < 4.78 is 57.6. The first-order chi connectivity index (χ1) is 13.5. The number of rotatable bonds is 6. The Kier molecular flexibility index (Phi) is 6.96. The van der Waals surface area contributed by atoms with Crippen LogP contribution in [0.1, 0.15) is 35.3 Å². The fourth-order valence-corrected chi connectivity index (χ4v) is 2.55. The zero-order valence-electron chi connectivity index (χ0n) is 14.9. The first kappa shape index (κ1) is 22.3. The number of carbonyl (C=O) groups excluding carboxylic acids is 1. The lowest BCUT2D eigenvalue weighted by molar-refractivity contribution is -0.202. The van der Waals surface area contributed by atoms with E-state index >= 15 is 0 Å². The number of amidine groups is 1. The smallest absolute Gasteiger partial charge is 0.425 e. The number of aromatic nitrogens is 2. The number of hydrogen-bond donors (Lipinski definition) is 3. The number of carbonyl (C=O) groups is 1. The number of amides is 1.